The first-order valence-electron chi connectivity index (χ1n) is 10.9. The van der Waals surface area contributed by atoms with E-state index in [0.717, 1.165) is 77.6 Å². The first-order chi connectivity index (χ1) is 13.8. The number of carbonyl (C=O) groups is 1. The van der Waals surface area contributed by atoms with Crippen molar-refractivity contribution < 1.29 is 4.79 Å². The van der Waals surface area contributed by atoms with Gasteiger partial charge < -0.3 is 15.1 Å². The number of piperazine rings is 1. The maximum Gasteiger partial charge on any atom is 0.225 e. The van der Waals surface area contributed by atoms with Gasteiger partial charge in [-0.25, -0.2) is 0 Å². The summed E-state index contributed by atoms with van der Waals surface area (Å²) in [6, 6.07) is 8.61. The van der Waals surface area contributed by atoms with Gasteiger partial charge in [0.15, 0.2) is 5.96 Å². The molecule has 6 nitrogen and oxygen atoms in total. The fourth-order valence-electron chi connectivity index (χ4n) is 4.36. The number of nitrogens with one attached hydrogen (secondary N) is 1. The lowest BCUT2D eigenvalue weighted by molar-refractivity contribution is -0.139. The van der Waals surface area contributed by atoms with Gasteiger partial charge in [-0.2, -0.15) is 0 Å². The molecule has 152 valence electrons. The van der Waals surface area contributed by atoms with Crippen LogP contribution in [0.25, 0.3) is 0 Å². The Morgan fingerprint density at radius 3 is 2.64 bits per heavy atom. The molecule has 0 aromatic heterocycles. The smallest absolute Gasteiger partial charge is 0.225 e. The van der Waals surface area contributed by atoms with E-state index in [1.807, 2.05) is 0 Å². The molecule has 0 unspecified atom stereocenters. The van der Waals surface area contributed by atoms with Gasteiger partial charge in [0.05, 0.1) is 6.54 Å². The van der Waals surface area contributed by atoms with Crippen molar-refractivity contribution in [2.24, 2.45) is 10.9 Å². The van der Waals surface area contributed by atoms with Crippen LogP contribution in [0.1, 0.15) is 31.7 Å². The maximum atomic E-state index is 12.4. The third-order valence-corrected chi connectivity index (χ3v) is 6.29. The molecule has 1 aliphatic carbocycles. The number of nitrogens with zero attached hydrogens (tertiary/aromatic N) is 4. The lowest BCUT2D eigenvalue weighted by atomic mass is 9.84. The molecule has 4 rings (SSSR count). The predicted molar refractivity (Wildman–Crippen MR) is 114 cm³/mol. The lowest BCUT2D eigenvalue weighted by Crippen LogP contribution is -2.51. The van der Waals surface area contributed by atoms with Gasteiger partial charge in [0.1, 0.15) is 0 Å². The van der Waals surface area contributed by atoms with Crippen LogP contribution in [0.3, 0.4) is 0 Å². The van der Waals surface area contributed by atoms with Gasteiger partial charge in [0.25, 0.3) is 0 Å². The Kier molecular flexibility index (Phi) is 6.15. The highest BCUT2D eigenvalue weighted by Crippen LogP contribution is 2.29. The van der Waals surface area contributed by atoms with Gasteiger partial charge >= 0.3 is 0 Å². The monoisotopic (exact) mass is 383 g/mol. The van der Waals surface area contributed by atoms with Crippen LogP contribution in [0.4, 0.5) is 5.69 Å². The largest absolute Gasteiger partial charge is 0.356 e. The second kappa shape index (κ2) is 8.95. The Morgan fingerprint density at radius 2 is 1.93 bits per heavy atom. The minimum atomic E-state index is 0.321. The van der Waals surface area contributed by atoms with Gasteiger partial charge in [-0.1, -0.05) is 24.6 Å². The summed E-state index contributed by atoms with van der Waals surface area (Å²) in [6.45, 7) is 9.42. The standard InChI is InChI=1S/C22H33N5O/c1-2-23-22(27-12-10-18-6-3-4-9-20(18)27)24-11-13-25-14-16-26(17-15-25)21(28)19-7-5-8-19/h3-4,6,9,19H,2,5,7-8,10-17H2,1H3,(H,23,24). The van der Waals surface area contributed by atoms with Crippen LogP contribution in [0.5, 0.6) is 0 Å². The minimum absolute atomic E-state index is 0.321. The van der Waals surface area contributed by atoms with Crippen molar-refractivity contribution in [1.29, 1.82) is 0 Å². The average molecular weight is 384 g/mol. The normalized spacial score (nSPS) is 20.8. The molecular formula is C22H33N5O. The fourth-order valence-corrected chi connectivity index (χ4v) is 4.36. The second-order valence-electron chi connectivity index (χ2n) is 8.06. The summed E-state index contributed by atoms with van der Waals surface area (Å²) in [5.74, 6) is 1.71. The van der Waals surface area contributed by atoms with Gasteiger partial charge in [0.2, 0.25) is 5.91 Å². The summed E-state index contributed by atoms with van der Waals surface area (Å²) in [5, 5.41) is 3.46. The molecule has 1 N–H and O–H groups in total. The molecular weight excluding hydrogens is 350 g/mol. The first kappa shape index (κ1) is 19.2. The van der Waals surface area contributed by atoms with Crippen LogP contribution in [0.15, 0.2) is 29.3 Å². The predicted octanol–water partition coefficient (Wildman–Crippen LogP) is 1.96. The van der Waals surface area contributed by atoms with E-state index in [1.54, 1.807) is 0 Å². The SMILES string of the molecule is CCNC(=NCCN1CCN(C(=O)C2CCC2)CC1)N1CCc2ccccc21. The number of aliphatic imine (C=N–C) groups is 1. The Morgan fingerprint density at radius 1 is 1.14 bits per heavy atom. The van der Waals surface area contributed by atoms with Gasteiger partial charge in [-0.15, -0.1) is 0 Å². The van der Waals surface area contributed by atoms with Crippen molar-refractivity contribution in [3.63, 3.8) is 0 Å². The van der Waals surface area contributed by atoms with Crippen molar-refractivity contribution in [3.05, 3.63) is 29.8 Å². The van der Waals surface area contributed by atoms with Crippen LogP contribution in [0, 0.1) is 5.92 Å². The van der Waals surface area contributed by atoms with Crippen LogP contribution < -0.4 is 10.2 Å². The zero-order chi connectivity index (χ0) is 19.3. The quantitative estimate of drug-likeness (QED) is 0.624. The van der Waals surface area contributed by atoms with Crippen molar-refractivity contribution in [1.82, 2.24) is 15.1 Å². The molecule has 28 heavy (non-hydrogen) atoms. The van der Waals surface area contributed by atoms with Crippen LogP contribution >= 0.6 is 0 Å². The summed E-state index contributed by atoms with van der Waals surface area (Å²) < 4.78 is 0. The van der Waals surface area contributed by atoms with E-state index in [9.17, 15) is 4.79 Å². The first-order valence-corrected chi connectivity index (χ1v) is 10.9. The molecule has 0 bridgehead atoms. The zero-order valence-electron chi connectivity index (χ0n) is 17.1. The molecule has 1 aromatic rings. The highest BCUT2D eigenvalue weighted by atomic mass is 16.2. The van der Waals surface area contributed by atoms with Crippen LogP contribution in [0.2, 0.25) is 0 Å². The maximum absolute atomic E-state index is 12.4. The van der Waals surface area contributed by atoms with Crippen LogP contribution in [-0.2, 0) is 11.2 Å². The summed E-state index contributed by atoms with van der Waals surface area (Å²) in [6.07, 6.45) is 4.50. The number of para-hydroxylation sites is 1. The highest BCUT2D eigenvalue weighted by Gasteiger charge is 2.31. The van der Waals surface area contributed by atoms with Crippen LogP contribution in [-0.4, -0.2) is 74.0 Å². The Bertz CT molecular complexity index is 707. The molecule has 2 heterocycles. The van der Waals surface area contributed by atoms with E-state index in [4.69, 9.17) is 4.99 Å². The van der Waals surface area contributed by atoms with Gasteiger partial charge in [0, 0.05) is 57.4 Å². The second-order valence-corrected chi connectivity index (χ2v) is 8.06. The molecule has 0 spiro atoms. The molecule has 0 atom stereocenters. The highest BCUT2D eigenvalue weighted by molar-refractivity contribution is 5.97. The van der Waals surface area contributed by atoms with E-state index < -0.39 is 0 Å². The molecule has 1 aromatic carbocycles. The van der Waals surface area contributed by atoms with E-state index in [0.29, 0.717) is 11.8 Å². The number of hydrogen-bond donors (Lipinski definition) is 1. The molecule has 1 saturated carbocycles. The van der Waals surface area contributed by atoms with Gasteiger partial charge in [-0.3, -0.25) is 14.7 Å². The van der Waals surface area contributed by atoms with Crippen molar-refractivity contribution in [2.45, 2.75) is 32.6 Å². The molecule has 2 fully saturated rings. The van der Waals surface area contributed by atoms with Crippen molar-refractivity contribution >= 4 is 17.6 Å². The van der Waals surface area contributed by atoms with E-state index >= 15 is 0 Å². The number of hydrogen-bond acceptors (Lipinski definition) is 3. The summed E-state index contributed by atoms with van der Waals surface area (Å²) >= 11 is 0. The summed E-state index contributed by atoms with van der Waals surface area (Å²) in [7, 11) is 0. The lowest BCUT2D eigenvalue weighted by Gasteiger charge is -2.38. The Hall–Kier alpha value is -2.08. The number of rotatable bonds is 5. The van der Waals surface area contributed by atoms with E-state index in [2.05, 4.69) is 51.2 Å². The molecule has 0 radical (unpaired) electrons. The Labute approximate surface area is 168 Å². The average Bonchev–Trinajstić information content (AvgIpc) is 3.10. The van der Waals surface area contributed by atoms with Crippen molar-refractivity contribution in [3.8, 4) is 0 Å². The number of fused-ring (bicyclic) bond motifs is 1. The third kappa shape index (κ3) is 4.17. The Balaban J connectivity index is 1.28. The number of guanidine groups is 1. The fraction of sp³-hybridized carbons (Fsp3) is 0.636. The molecule has 3 aliphatic rings. The number of carbonyl (C=O) groups excluding carboxylic acids is 1. The molecule has 6 heteroatoms. The van der Waals surface area contributed by atoms with E-state index in [1.165, 1.54) is 17.7 Å². The summed E-state index contributed by atoms with van der Waals surface area (Å²) in [5.41, 5.74) is 2.69. The molecule has 2 aliphatic heterocycles. The van der Waals surface area contributed by atoms with Gasteiger partial charge in [-0.05, 0) is 37.8 Å². The topological polar surface area (TPSA) is 51.2 Å². The zero-order valence-corrected chi connectivity index (χ0v) is 17.1. The number of amides is 1. The van der Waals surface area contributed by atoms with Crippen molar-refractivity contribution in [2.75, 3.05) is 57.3 Å². The van der Waals surface area contributed by atoms with E-state index in [-0.39, 0.29) is 0 Å². The molecule has 1 saturated heterocycles. The summed E-state index contributed by atoms with van der Waals surface area (Å²) in [4.78, 5) is 24.1. The number of anilines is 1. The third-order valence-electron chi connectivity index (χ3n) is 6.29. The molecule has 1 amide bonds. The minimum Gasteiger partial charge on any atom is -0.356 e. The number of benzene rings is 1.